The van der Waals surface area contributed by atoms with Crippen LogP contribution in [0.2, 0.25) is 5.02 Å². The van der Waals surface area contributed by atoms with Crippen molar-refractivity contribution in [3.05, 3.63) is 65.3 Å². The first-order chi connectivity index (χ1) is 11.7. The van der Waals surface area contributed by atoms with Crippen LogP contribution in [0.25, 0.3) is 5.57 Å². The monoisotopic (exact) mass is 378 g/mol. The number of sulfonamides is 1. The summed E-state index contributed by atoms with van der Waals surface area (Å²) in [7, 11) is -0.318. The SMILES string of the molecule is CC(=O)/C(=C/N(C)C)c1ccc(Cl)c(S(=O)(=O)Nc2ccccc2)c1. The molecule has 0 unspecified atom stereocenters. The minimum atomic E-state index is -3.89. The Bertz CT molecular complexity index is 907. The molecule has 0 aromatic heterocycles. The second-order valence-electron chi connectivity index (χ2n) is 5.68. The zero-order chi connectivity index (χ0) is 18.6. The summed E-state index contributed by atoms with van der Waals surface area (Å²) in [6.07, 6.45) is 1.65. The number of carbonyl (C=O) groups is 1. The van der Waals surface area contributed by atoms with Gasteiger partial charge in [0.15, 0.2) is 5.78 Å². The van der Waals surface area contributed by atoms with Crippen molar-refractivity contribution in [2.24, 2.45) is 0 Å². The van der Waals surface area contributed by atoms with Gasteiger partial charge in [0.2, 0.25) is 0 Å². The van der Waals surface area contributed by atoms with Gasteiger partial charge < -0.3 is 4.90 Å². The topological polar surface area (TPSA) is 66.5 Å². The van der Waals surface area contributed by atoms with Gasteiger partial charge in [-0.3, -0.25) is 9.52 Å². The molecule has 0 atom stereocenters. The second-order valence-corrected chi connectivity index (χ2v) is 7.74. The first-order valence-electron chi connectivity index (χ1n) is 7.47. The van der Waals surface area contributed by atoms with Gasteiger partial charge in [-0.2, -0.15) is 0 Å². The molecule has 2 rings (SSSR count). The van der Waals surface area contributed by atoms with Gasteiger partial charge in [0.1, 0.15) is 4.90 Å². The van der Waals surface area contributed by atoms with Gasteiger partial charge in [-0.15, -0.1) is 0 Å². The molecule has 0 aliphatic rings. The fourth-order valence-corrected chi connectivity index (χ4v) is 3.81. The standard InChI is InChI=1S/C18H19ClN2O3S/c1-13(22)16(12-21(2)3)14-9-10-17(19)18(11-14)25(23,24)20-15-7-5-4-6-8-15/h4-12,20H,1-3H3/b16-12-. The van der Waals surface area contributed by atoms with Crippen molar-refractivity contribution in [2.75, 3.05) is 18.8 Å². The van der Waals surface area contributed by atoms with E-state index in [9.17, 15) is 13.2 Å². The summed E-state index contributed by atoms with van der Waals surface area (Å²) < 4.78 is 27.8. The molecule has 7 heteroatoms. The van der Waals surface area contributed by atoms with Crippen molar-refractivity contribution < 1.29 is 13.2 Å². The number of para-hydroxylation sites is 1. The summed E-state index contributed by atoms with van der Waals surface area (Å²) >= 11 is 6.10. The summed E-state index contributed by atoms with van der Waals surface area (Å²) in [5.74, 6) is -0.171. The highest BCUT2D eigenvalue weighted by molar-refractivity contribution is 7.92. The van der Waals surface area contributed by atoms with Crippen LogP contribution in [0, 0.1) is 0 Å². The summed E-state index contributed by atoms with van der Waals surface area (Å²) in [5, 5.41) is 0.0833. The lowest BCUT2D eigenvalue weighted by Gasteiger charge is -2.13. The van der Waals surface area contributed by atoms with Crippen molar-refractivity contribution in [1.29, 1.82) is 0 Å². The number of hydrogen-bond donors (Lipinski definition) is 1. The molecule has 2 aromatic carbocycles. The van der Waals surface area contributed by atoms with Crippen molar-refractivity contribution in [3.8, 4) is 0 Å². The molecular formula is C18H19ClN2O3S. The van der Waals surface area contributed by atoms with Crippen LogP contribution in [0.5, 0.6) is 0 Å². The quantitative estimate of drug-likeness (QED) is 0.779. The van der Waals surface area contributed by atoms with Crippen LogP contribution in [0.4, 0.5) is 5.69 Å². The molecule has 25 heavy (non-hydrogen) atoms. The Hall–Kier alpha value is -2.31. The fraction of sp³-hybridized carbons (Fsp3) is 0.167. The number of benzene rings is 2. The number of nitrogens with zero attached hydrogens (tertiary/aromatic N) is 1. The molecule has 132 valence electrons. The highest BCUT2D eigenvalue weighted by atomic mass is 35.5. The van der Waals surface area contributed by atoms with E-state index >= 15 is 0 Å². The number of nitrogens with one attached hydrogen (secondary N) is 1. The molecule has 0 aliphatic heterocycles. The second kappa shape index (κ2) is 7.72. The van der Waals surface area contributed by atoms with E-state index in [4.69, 9.17) is 11.6 Å². The molecule has 0 radical (unpaired) electrons. The minimum absolute atomic E-state index is 0.0820. The van der Waals surface area contributed by atoms with Gasteiger partial charge in [-0.1, -0.05) is 35.9 Å². The molecule has 1 N–H and O–H groups in total. The van der Waals surface area contributed by atoms with Crippen LogP contribution in [-0.2, 0) is 14.8 Å². The Morgan fingerprint density at radius 2 is 1.76 bits per heavy atom. The lowest BCUT2D eigenvalue weighted by atomic mass is 10.0. The highest BCUT2D eigenvalue weighted by Crippen LogP contribution is 2.28. The van der Waals surface area contributed by atoms with E-state index in [1.807, 2.05) is 0 Å². The van der Waals surface area contributed by atoms with Crippen LogP contribution in [0.15, 0.2) is 59.6 Å². The van der Waals surface area contributed by atoms with Gasteiger partial charge in [0.05, 0.1) is 5.02 Å². The van der Waals surface area contributed by atoms with E-state index in [2.05, 4.69) is 4.72 Å². The van der Waals surface area contributed by atoms with Crippen LogP contribution >= 0.6 is 11.6 Å². The normalized spacial score (nSPS) is 11.9. The maximum atomic E-state index is 12.7. The number of hydrogen-bond acceptors (Lipinski definition) is 4. The highest BCUT2D eigenvalue weighted by Gasteiger charge is 2.20. The Kier molecular flexibility index (Phi) is 5.87. The smallest absolute Gasteiger partial charge is 0.263 e. The number of Topliss-reactive ketones (excluding diaryl/α,β-unsaturated/α-hetero) is 1. The Labute approximate surface area is 153 Å². The van der Waals surface area contributed by atoms with Crippen LogP contribution in [0.3, 0.4) is 0 Å². The van der Waals surface area contributed by atoms with Crippen molar-refractivity contribution in [2.45, 2.75) is 11.8 Å². The van der Waals surface area contributed by atoms with Crippen molar-refractivity contribution >= 4 is 38.7 Å². The summed E-state index contributed by atoms with van der Waals surface area (Å²) in [5.41, 5.74) is 1.32. The van der Waals surface area contributed by atoms with Gasteiger partial charge in [0.25, 0.3) is 10.0 Å². The number of ketones is 1. The fourth-order valence-electron chi connectivity index (χ4n) is 2.22. The van der Waals surface area contributed by atoms with E-state index in [1.54, 1.807) is 61.6 Å². The summed E-state index contributed by atoms with van der Waals surface area (Å²) in [4.78, 5) is 13.6. The first kappa shape index (κ1) is 19.0. The molecule has 0 fully saturated rings. The van der Waals surface area contributed by atoms with E-state index in [1.165, 1.54) is 19.1 Å². The third-order valence-corrected chi connectivity index (χ3v) is 5.19. The average Bonchev–Trinajstić information content (AvgIpc) is 2.53. The van der Waals surface area contributed by atoms with E-state index in [0.29, 0.717) is 16.8 Å². The summed E-state index contributed by atoms with van der Waals surface area (Å²) in [6, 6.07) is 13.0. The maximum Gasteiger partial charge on any atom is 0.263 e. The lowest BCUT2D eigenvalue weighted by molar-refractivity contribution is -0.111. The number of carbonyl (C=O) groups excluding carboxylic acids is 1. The molecule has 0 heterocycles. The van der Waals surface area contributed by atoms with E-state index in [0.717, 1.165) is 0 Å². The minimum Gasteiger partial charge on any atom is -0.383 e. The number of rotatable bonds is 6. The molecule has 5 nitrogen and oxygen atoms in total. The lowest BCUT2D eigenvalue weighted by Crippen LogP contribution is -2.14. The van der Waals surface area contributed by atoms with Gasteiger partial charge in [0, 0.05) is 31.6 Å². The molecule has 0 spiro atoms. The average molecular weight is 379 g/mol. The largest absolute Gasteiger partial charge is 0.383 e. The number of halogens is 1. The third-order valence-electron chi connectivity index (χ3n) is 3.32. The van der Waals surface area contributed by atoms with Crippen molar-refractivity contribution in [3.63, 3.8) is 0 Å². The summed E-state index contributed by atoms with van der Waals surface area (Å²) in [6.45, 7) is 1.43. The Balaban J connectivity index is 2.50. The van der Waals surface area contributed by atoms with Crippen LogP contribution < -0.4 is 4.72 Å². The molecule has 0 bridgehead atoms. The first-order valence-corrected chi connectivity index (χ1v) is 9.34. The zero-order valence-corrected chi connectivity index (χ0v) is 15.7. The van der Waals surface area contributed by atoms with Crippen LogP contribution in [0.1, 0.15) is 12.5 Å². The van der Waals surface area contributed by atoms with Gasteiger partial charge in [-0.25, -0.2) is 8.42 Å². The number of anilines is 1. The van der Waals surface area contributed by atoms with Crippen molar-refractivity contribution in [1.82, 2.24) is 4.90 Å². The van der Waals surface area contributed by atoms with E-state index < -0.39 is 10.0 Å². The van der Waals surface area contributed by atoms with Crippen LogP contribution in [-0.4, -0.2) is 33.2 Å². The van der Waals surface area contributed by atoms with Gasteiger partial charge >= 0.3 is 0 Å². The maximum absolute atomic E-state index is 12.7. The zero-order valence-electron chi connectivity index (χ0n) is 14.2. The predicted octanol–water partition coefficient (Wildman–Crippen LogP) is 3.63. The molecule has 0 saturated carbocycles. The molecule has 0 saturated heterocycles. The molecular weight excluding hydrogens is 360 g/mol. The Morgan fingerprint density at radius 3 is 2.32 bits per heavy atom. The molecule has 2 aromatic rings. The third kappa shape index (κ3) is 4.84. The number of allylic oxidation sites excluding steroid dienone is 1. The molecule has 0 aliphatic carbocycles. The predicted molar refractivity (Wildman–Crippen MR) is 101 cm³/mol. The molecule has 0 amide bonds. The van der Waals surface area contributed by atoms with E-state index in [-0.39, 0.29) is 15.7 Å². The van der Waals surface area contributed by atoms with Gasteiger partial charge in [-0.05, 0) is 36.8 Å². The Morgan fingerprint density at radius 1 is 1.12 bits per heavy atom.